The van der Waals surface area contributed by atoms with Crippen molar-refractivity contribution < 1.29 is 18.7 Å². The number of benzene rings is 2. The van der Waals surface area contributed by atoms with Crippen molar-refractivity contribution in [2.24, 2.45) is 0 Å². The van der Waals surface area contributed by atoms with E-state index in [2.05, 4.69) is 11.0 Å². The second-order valence-electron chi connectivity index (χ2n) is 10.5. The molecule has 0 radical (unpaired) electrons. The Balaban J connectivity index is 1.54. The highest BCUT2D eigenvalue weighted by Gasteiger charge is 2.33. The molecule has 6 nitrogen and oxygen atoms in total. The van der Waals surface area contributed by atoms with E-state index in [1.54, 1.807) is 17.0 Å². The van der Waals surface area contributed by atoms with Crippen LogP contribution in [0.3, 0.4) is 0 Å². The van der Waals surface area contributed by atoms with Crippen molar-refractivity contribution >= 4 is 17.5 Å². The summed E-state index contributed by atoms with van der Waals surface area (Å²) < 4.78 is 25.2. The molecular weight excluding hydrogens is 457 g/mol. The molecule has 0 spiro atoms. The summed E-state index contributed by atoms with van der Waals surface area (Å²) in [5.41, 5.74) is 4.53. The molecule has 1 fully saturated rings. The summed E-state index contributed by atoms with van der Waals surface area (Å²) >= 11 is 0. The maximum atomic E-state index is 13.7. The summed E-state index contributed by atoms with van der Waals surface area (Å²) in [4.78, 5) is 21.8. The Morgan fingerprint density at radius 2 is 1.75 bits per heavy atom. The molecule has 1 aromatic heterocycles. The number of hydrogen-bond donors (Lipinski definition) is 0. The van der Waals surface area contributed by atoms with Crippen LogP contribution in [0.5, 0.6) is 5.88 Å². The van der Waals surface area contributed by atoms with Crippen LogP contribution >= 0.6 is 0 Å². The summed E-state index contributed by atoms with van der Waals surface area (Å²) in [6.07, 6.45) is 2.71. The number of hydrogen-bond acceptors (Lipinski definition) is 5. The third-order valence-electron chi connectivity index (χ3n) is 6.65. The average molecular weight is 490 g/mol. The molecule has 0 atom stereocenters. The van der Waals surface area contributed by atoms with Crippen molar-refractivity contribution in [1.29, 1.82) is 0 Å². The molecular formula is C29H32FN3O3. The second kappa shape index (κ2) is 9.45. The van der Waals surface area contributed by atoms with E-state index in [1.165, 1.54) is 12.1 Å². The first-order chi connectivity index (χ1) is 17.2. The lowest BCUT2D eigenvalue weighted by atomic mass is 9.91. The minimum absolute atomic E-state index is 0.145. The number of nitrogens with zero attached hydrogens (tertiary/aromatic N) is 3. The van der Waals surface area contributed by atoms with Crippen molar-refractivity contribution in [1.82, 2.24) is 4.98 Å². The number of amides is 1. The molecule has 5 rings (SSSR count). The van der Waals surface area contributed by atoms with E-state index in [-0.39, 0.29) is 18.0 Å². The molecule has 3 aromatic rings. The van der Waals surface area contributed by atoms with Crippen molar-refractivity contribution in [2.75, 3.05) is 30.0 Å². The highest BCUT2D eigenvalue weighted by atomic mass is 19.1. The van der Waals surface area contributed by atoms with E-state index >= 15 is 0 Å². The zero-order chi connectivity index (χ0) is 25.4. The summed E-state index contributed by atoms with van der Waals surface area (Å²) in [6.45, 7) is 6.98. The van der Waals surface area contributed by atoms with Crippen LogP contribution in [-0.4, -0.2) is 42.9 Å². The van der Waals surface area contributed by atoms with Crippen molar-refractivity contribution in [3.05, 3.63) is 60.4 Å². The predicted octanol–water partition coefficient (Wildman–Crippen LogP) is 6.68. The molecule has 2 aromatic carbocycles. The number of carbonyl (C=O) groups excluding carboxylic acids is 1. The number of ether oxygens (including phenoxy) is 2. The number of anilines is 2. The van der Waals surface area contributed by atoms with E-state index in [4.69, 9.17) is 14.5 Å². The fraction of sp³-hybridized carbons (Fsp3) is 0.379. The monoisotopic (exact) mass is 489 g/mol. The Bertz CT molecular complexity index is 1250. The highest BCUT2D eigenvalue weighted by molar-refractivity contribution is 5.90. The minimum atomic E-state index is -0.566. The molecule has 1 saturated carbocycles. The van der Waals surface area contributed by atoms with Crippen LogP contribution in [0.4, 0.5) is 20.6 Å². The summed E-state index contributed by atoms with van der Waals surface area (Å²) in [5, 5.41) is 0. The lowest BCUT2D eigenvalue weighted by Crippen LogP contribution is -2.46. The van der Waals surface area contributed by atoms with E-state index in [0.29, 0.717) is 12.5 Å². The number of pyridine rings is 1. The highest BCUT2D eigenvalue weighted by Crippen LogP contribution is 2.40. The molecule has 1 aliphatic heterocycles. The van der Waals surface area contributed by atoms with Gasteiger partial charge in [-0.1, -0.05) is 24.3 Å². The summed E-state index contributed by atoms with van der Waals surface area (Å²) in [6, 6.07) is 16.5. The number of fused-ring (bicyclic) bond motifs is 1. The smallest absolute Gasteiger partial charge is 0.415 e. The molecule has 2 heterocycles. The molecule has 0 saturated heterocycles. The van der Waals surface area contributed by atoms with Gasteiger partial charge in [-0.25, -0.2) is 14.2 Å². The van der Waals surface area contributed by atoms with Gasteiger partial charge in [0, 0.05) is 29.9 Å². The summed E-state index contributed by atoms with van der Waals surface area (Å²) in [7, 11) is 2.01. The van der Waals surface area contributed by atoms with Gasteiger partial charge in [-0.05, 0) is 75.9 Å². The molecule has 0 N–H and O–H groups in total. The standard InChI is InChI=1S/C29H32FN3O3/c1-29(2,3)36-28(34)33(22-6-5-7-22)23-14-10-20(11-15-23)26-24(19-8-12-21(30)13-9-19)18-25-27(31-26)35-17-16-32(25)4/h8-15,18,22H,5-7,16-17H2,1-4H3. The Labute approximate surface area is 211 Å². The molecule has 7 heteroatoms. The van der Waals surface area contributed by atoms with Gasteiger partial charge in [-0.2, -0.15) is 0 Å². The largest absolute Gasteiger partial charge is 0.474 e. The molecule has 188 valence electrons. The molecule has 36 heavy (non-hydrogen) atoms. The van der Waals surface area contributed by atoms with Crippen LogP contribution in [0.1, 0.15) is 40.0 Å². The van der Waals surface area contributed by atoms with Gasteiger partial charge in [-0.3, -0.25) is 4.90 Å². The Morgan fingerprint density at radius 1 is 1.08 bits per heavy atom. The molecule has 1 aliphatic carbocycles. The zero-order valence-corrected chi connectivity index (χ0v) is 21.3. The fourth-order valence-electron chi connectivity index (χ4n) is 4.54. The molecule has 2 aliphatic rings. The quantitative estimate of drug-likeness (QED) is 0.409. The van der Waals surface area contributed by atoms with Crippen LogP contribution in [-0.2, 0) is 4.74 Å². The third kappa shape index (κ3) is 4.87. The Kier molecular flexibility index (Phi) is 6.33. The first-order valence-electron chi connectivity index (χ1n) is 12.5. The van der Waals surface area contributed by atoms with Gasteiger partial charge >= 0.3 is 6.09 Å². The second-order valence-corrected chi connectivity index (χ2v) is 10.5. The number of halogens is 1. The SMILES string of the molecule is CN1CCOc2nc(-c3ccc(N(C(=O)OC(C)(C)C)C4CCC4)cc3)c(-c3ccc(F)cc3)cc21. The maximum Gasteiger partial charge on any atom is 0.415 e. The fourth-order valence-corrected chi connectivity index (χ4v) is 4.54. The number of carbonyl (C=O) groups is 1. The lowest BCUT2D eigenvalue weighted by molar-refractivity contribution is 0.0549. The van der Waals surface area contributed by atoms with Gasteiger partial charge in [0.05, 0.1) is 12.2 Å². The van der Waals surface area contributed by atoms with Gasteiger partial charge in [0.15, 0.2) is 0 Å². The van der Waals surface area contributed by atoms with Crippen LogP contribution in [0, 0.1) is 5.82 Å². The van der Waals surface area contributed by atoms with E-state index in [9.17, 15) is 9.18 Å². The van der Waals surface area contributed by atoms with Crippen molar-refractivity contribution in [2.45, 2.75) is 51.7 Å². The van der Waals surface area contributed by atoms with Crippen LogP contribution in [0.15, 0.2) is 54.6 Å². The normalized spacial score (nSPS) is 15.5. The maximum absolute atomic E-state index is 13.7. The molecule has 0 bridgehead atoms. The first-order valence-corrected chi connectivity index (χ1v) is 12.5. The third-order valence-corrected chi connectivity index (χ3v) is 6.65. The Hall–Kier alpha value is -3.61. The van der Waals surface area contributed by atoms with Crippen molar-refractivity contribution in [3.8, 4) is 28.3 Å². The minimum Gasteiger partial charge on any atom is -0.474 e. The van der Waals surface area contributed by atoms with Crippen molar-refractivity contribution in [3.63, 3.8) is 0 Å². The number of rotatable bonds is 4. The van der Waals surface area contributed by atoms with E-state index in [1.807, 2.05) is 52.1 Å². The summed E-state index contributed by atoms with van der Waals surface area (Å²) in [5.74, 6) is 0.299. The van der Waals surface area contributed by atoms with E-state index in [0.717, 1.165) is 59.6 Å². The van der Waals surface area contributed by atoms with Crippen LogP contribution in [0.2, 0.25) is 0 Å². The van der Waals surface area contributed by atoms with Gasteiger partial charge < -0.3 is 14.4 Å². The Morgan fingerprint density at radius 3 is 2.36 bits per heavy atom. The first kappa shape index (κ1) is 24.1. The van der Waals surface area contributed by atoms with Gasteiger partial charge in [0.2, 0.25) is 5.88 Å². The predicted molar refractivity (Wildman–Crippen MR) is 140 cm³/mol. The number of aromatic nitrogens is 1. The van der Waals surface area contributed by atoms with E-state index < -0.39 is 5.60 Å². The van der Waals surface area contributed by atoms with Gasteiger partial charge in [0.1, 0.15) is 23.7 Å². The zero-order valence-electron chi connectivity index (χ0n) is 21.3. The van der Waals surface area contributed by atoms with Crippen LogP contribution < -0.4 is 14.5 Å². The topological polar surface area (TPSA) is 54.9 Å². The van der Waals surface area contributed by atoms with Gasteiger partial charge in [0.25, 0.3) is 0 Å². The average Bonchev–Trinajstić information content (AvgIpc) is 2.80. The van der Waals surface area contributed by atoms with Gasteiger partial charge in [-0.15, -0.1) is 0 Å². The lowest BCUT2D eigenvalue weighted by Gasteiger charge is -2.38. The number of likely N-dealkylation sites (N-methyl/N-ethyl adjacent to an activating group) is 1. The van der Waals surface area contributed by atoms with Crippen LogP contribution in [0.25, 0.3) is 22.4 Å². The molecule has 0 unspecified atom stereocenters. The molecule has 1 amide bonds.